The van der Waals surface area contributed by atoms with E-state index in [2.05, 4.69) is 10.1 Å². The molecule has 0 radical (unpaired) electrons. The summed E-state index contributed by atoms with van der Waals surface area (Å²) in [7, 11) is -3.38. The van der Waals surface area contributed by atoms with Gasteiger partial charge in [0.05, 0.1) is 22.0 Å². The fourth-order valence-corrected chi connectivity index (χ4v) is 3.88. The van der Waals surface area contributed by atoms with E-state index in [-0.39, 0.29) is 33.2 Å². The first kappa shape index (κ1) is 24.5. The second-order valence-electron chi connectivity index (χ2n) is 7.00. The zero-order valence-corrected chi connectivity index (χ0v) is 18.5. The summed E-state index contributed by atoms with van der Waals surface area (Å²) in [5, 5.41) is 2.24. The average molecular weight is 502 g/mol. The van der Waals surface area contributed by atoms with Crippen LogP contribution in [-0.2, 0) is 21.1 Å². The number of halogens is 5. The van der Waals surface area contributed by atoms with Gasteiger partial charge in [-0.1, -0.05) is 41.9 Å². The fraction of sp³-hybridized carbons (Fsp3) is 0.136. The third kappa shape index (κ3) is 6.45. The average Bonchev–Trinajstić information content (AvgIpc) is 2.69. The summed E-state index contributed by atoms with van der Waals surface area (Å²) in [5.41, 5.74) is 0.0860. The fourth-order valence-electron chi connectivity index (χ4n) is 2.99. The second-order valence-corrected chi connectivity index (χ2v) is 9.42. The maximum absolute atomic E-state index is 14.7. The number of hydrogen-bond acceptors (Lipinski definition) is 4. The Labute approximate surface area is 191 Å². The van der Waals surface area contributed by atoms with Gasteiger partial charge in [0.1, 0.15) is 11.6 Å². The molecule has 33 heavy (non-hydrogen) atoms. The number of alkyl halides is 3. The van der Waals surface area contributed by atoms with E-state index >= 15 is 0 Å². The topological polar surface area (TPSA) is 72.5 Å². The quantitative estimate of drug-likeness (QED) is 0.444. The number of anilines is 1. The lowest BCUT2D eigenvalue weighted by Crippen LogP contribution is -2.17. The number of carbonyl (C=O) groups excluding carboxylic acids is 1. The highest BCUT2D eigenvalue weighted by molar-refractivity contribution is 7.90. The first-order valence-electron chi connectivity index (χ1n) is 9.26. The van der Waals surface area contributed by atoms with Gasteiger partial charge in [-0.15, -0.1) is 13.2 Å². The molecule has 11 heteroatoms. The first-order valence-corrected chi connectivity index (χ1v) is 11.5. The monoisotopic (exact) mass is 501 g/mol. The van der Waals surface area contributed by atoms with Crippen LogP contribution in [0.25, 0.3) is 11.1 Å². The van der Waals surface area contributed by atoms with E-state index in [0.29, 0.717) is 5.56 Å². The minimum absolute atomic E-state index is 0.0524. The van der Waals surface area contributed by atoms with Crippen LogP contribution in [0.15, 0.2) is 65.6 Å². The molecule has 3 aromatic rings. The van der Waals surface area contributed by atoms with Gasteiger partial charge in [0, 0.05) is 17.4 Å². The molecule has 0 aliphatic carbocycles. The molecule has 5 nitrogen and oxygen atoms in total. The van der Waals surface area contributed by atoms with Gasteiger partial charge >= 0.3 is 6.36 Å². The van der Waals surface area contributed by atoms with Crippen molar-refractivity contribution in [1.82, 2.24) is 0 Å². The molecule has 1 amide bonds. The van der Waals surface area contributed by atoms with Crippen LogP contribution < -0.4 is 10.1 Å². The van der Waals surface area contributed by atoms with Crippen LogP contribution >= 0.6 is 11.6 Å². The van der Waals surface area contributed by atoms with Crippen molar-refractivity contribution in [2.45, 2.75) is 17.7 Å². The van der Waals surface area contributed by atoms with Crippen molar-refractivity contribution in [3.05, 3.63) is 77.1 Å². The van der Waals surface area contributed by atoms with Crippen molar-refractivity contribution in [3.63, 3.8) is 0 Å². The largest absolute Gasteiger partial charge is 0.573 e. The highest BCUT2D eigenvalue weighted by atomic mass is 35.5. The molecule has 1 N–H and O–H groups in total. The highest BCUT2D eigenvalue weighted by Crippen LogP contribution is 2.39. The van der Waals surface area contributed by atoms with Crippen molar-refractivity contribution in [2.24, 2.45) is 0 Å². The van der Waals surface area contributed by atoms with Gasteiger partial charge in [-0.2, -0.15) is 0 Å². The summed E-state index contributed by atoms with van der Waals surface area (Å²) in [6.07, 6.45) is -4.07. The molecule has 3 aromatic carbocycles. The number of carbonyl (C=O) groups is 1. The van der Waals surface area contributed by atoms with Crippen molar-refractivity contribution >= 4 is 33.0 Å². The minimum Gasteiger partial charge on any atom is -0.405 e. The summed E-state index contributed by atoms with van der Waals surface area (Å²) < 4.78 is 79.7. The van der Waals surface area contributed by atoms with E-state index in [1.165, 1.54) is 42.5 Å². The molecule has 0 bridgehead atoms. The summed E-state index contributed by atoms with van der Waals surface area (Å²) in [6, 6.07) is 12.7. The Balaban J connectivity index is 1.81. The van der Waals surface area contributed by atoms with Crippen LogP contribution in [0.5, 0.6) is 5.75 Å². The van der Waals surface area contributed by atoms with Gasteiger partial charge in [0.15, 0.2) is 9.84 Å². The molecule has 0 aromatic heterocycles. The lowest BCUT2D eigenvalue weighted by atomic mass is 10.0. The number of nitrogens with one attached hydrogen (secondary N) is 1. The van der Waals surface area contributed by atoms with E-state index in [1.807, 2.05) is 0 Å². The Morgan fingerprint density at radius 2 is 1.67 bits per heavy atom. The number of para-hydroxylation sites is 1. The Kier molecular flexibility index (Phi) is 6.99. The van der Waals surface area contributed by atoms with Crippen LogP contribution in [0.4, 0.5) is 23.2 Å². The summed E-state index contributed by atoms with van der Waals surface area (Å²) in [5.74, 6) is -2.08. The molecule has 3 rings (SSSR count). The number of hydrogen-bond donors (Lipinski definition) is 1. The standard InChI is InChI=1S/C22H16ClF4NO4S/c1-33(30,31)14-8-6-13(7-9-14)10-21(29)28-19-12-17(23)16(11-18(19)24)15-4-2-3-5-20(15)32-22(25,26)27/h2-9,11-12H,10H2,1H3,(H,28,29). The minimum atomic E-state index is -4.95. The maximum atomic E-state index is 14.7. The van der Waals surface area contributed by atoms with E-state index in [9.17, 15) is 30.8 Å². The second kappa shape index (κ2) is 9.40. The number of sulfone groups is 1. The van der Waals surface area contributed by atoms with Crippen LogP contribution in [0, 0.1) is 5.82 Å². The molecule has 0 unspecified atom stereocenters. The van der Waals surface area contributed by atoms with Crippen molar-refractivity contribution in [2.75, 3.05) is 11.6 Å². The molecule has 0 spiro atoms. The molecule has 0 atom stereocenters. The van der Waals surface area contributed by atoms with Crippen molar-refractivity contribution in [3.8, 4) is 16.9 Å². The highest BCUT2D eigenvalue weighted by Gasteiger charge is 2.32. The van der Waals surface area contributed by atoms with Gasteiger partial charge in [-0.3, -0.25) is 4.79 Å². The molecule has 0 aliphatic heterocycles. The number of ether oxygens (including phenoxy) is 1. The molecular formula is C22H16ClF4NO4S. The smallest absolute Gasteiger partial charge is 0.405 e. The van der Waals surface area contributed by atoms with E-state index < -0.39 is 33.7 Å². The Hall–Kier alpha value is -3.11. The number of amides is 1. The molecule has 0 saturated carbocycles. The zero-order valence-electron chi connectivity index (χ0n) is 16.9. The van der Waals surface area contributed by atoms with Crippen LogP contribution in [0.2, 0.25) is 5.02 Å². The summed E-state index contributed by atoms with van der Waals surface area (Å²) in [4.78, 5) is 12.4. The first-order chi connectivity index (χ1) is 15.3. The molecule has 174 valence electrons. The van der Waals surface area contributed by atoms with Gasteiger partial charge in [-0.05, 0) is 35.9 Å². The van der Waals surface area contributed by atoms with Gasteiger partial charge in [0.25, 0.3) is 0 Å². The lowest BCUT2D eigenvalue weighted by molar-refractivity contribution is -0.274. The Morgan fingerprint density at radius 1 is 1.03 bits per heavy atom. The third-order valence-electron chi connectivity index (χ3n) is 4.45. The predicted molar refractivity (Wildman–Crippen MR) is 115 cm³/mol. The zero-order chi connectivity index (χ0) is 24.4. The molecule has 0 aliphatic rings. The van der Waals surface area contributed by atoms with Crippen LogP contribution in [0.3, 0.4) is 0 Å². The molecular weight excluding hydrogens is 486 g/mol. The Bertz CT molecular complexity index is 1290. The molecule has 0 heterocycles. The maximum Gasteiger partial charge on any atom is 0.573 e. The molecule has 0 saturated heterocycles. The molecule has 0 fully saturated rings. The summed E-state index contributed by atoms with van der Waals surface area (Å²) in [6.45, 7) is 0. The SMILES string of the molecule is CS(=O)(=O)c1ccc(CC(=O)Nc2cc(Cl)c(-c3ccccc3OC(F)(F)F)cc2F)cc1. The van der Waals surface area contributed by atoms with Gasteiger partial charge in [-0.25, -0.2) is 12.8 Å². The van der Waals surface area contributed by atoms with Crippen molar-refractivity contribution < 1.29 is 35.5 Å². The van der Waals surface area contributed by atoms with Crippen LogP contribution in [-0.4, -0.2) is 26.9 Å². The van der Waals surface area contributed by atoms with Crippen molar-refractivity contribution in [1.29, 1.82) is 0 Å². The lowest BCUT2D eigenvalue weighted by Gasteiger charge is -2.15. The number of benzene rings is 3. The van der Waals surface area contributed by atoms with Crippen LogP contribution in [0.1, 0.15) is 5.56 Å². The van der Waals surface area contributed by atoms with Gasteiger partial charge in [0.2, 0.25) is 5.91 Å². The Morgan fingerprint density at radius 3 is 2.27 bits per heavy atom. The normalized spacial score (nSPS) is 11.8. The predicted octanol–water partition coefficient (Wildman–Crippen LogP) is 5.63. The van der Waals surface area contributed by atoms with Gasteiger partial charge < -0.3 is 10.1 Å². The van der Waals surface area contributed by atoms with E-state index in [0.717, 1.165) is 24.5 Å². The summed E-state index contributed by atoms with van der Waals surface area (Å²) >= 11 is 6.17. The van der Waals surface area contributed by atoms with E-state index in [4.69, 9.17) is 11.6 Å². The number of rotatable bonds is 6. The van der Waals surface area contributed by atoms with E-state index in [1.54, 1.807) is 0 Å². The third-order valence-corrected chi connectivity index (χ3v) is 5.89.